The lowest BCUT2D eigenvalue weighted by Crippen LogP contribution is -2.18. The van der Waals surface area contributed by atoms with E-state index in [-0.39, 0.29) is 17.4 Å². The highest BCUT2D eigenvalue weighted by Gasteiger charge is 2.38. The molecule has 12 rings (SSSR count). The largest absolute Gasteiger partial charge is 0.485 e. The summed E-state index contributed by atoms with van der Waals surface area (Å²) >= 11 is 1.90. The summed E-state index contributed by atoms with van der Waals surface area (Å²) in [6.45, 7) is 4.72. The lowest BCUT2D eigenvalue weighted by Gasteiger charge is -2.30. The third-order valence-corrected chi connectivity index (χ3v) is 13.3. The Labute approximate surface area is 311 Å². The average molecular weight is 699 g/mol. The number of nitrogens with zero attached hydrogens (tertiary/aromatic N) is 2. The summed E-state index contributed by atoms with van der Waals surface area (Å²) in [7, 11) is 0. The number of aromatic nitrogens is 1. The van der Waals surface area contributed by atoms with Crippen molar-refractivity contribution < 1.29 is 4.74 Å². The van der Waals surface area contributed by atoms with Crippen LogP contribution in [0.25, 0.3) is 59.0 Å². The van der Waals surface area contributed by atoms with Gasteiger partial charge in [0.25, 0.3) is 0 Å². The zero-order chi connectivity index (χ0) is 35.0. The summed E-state index contributed by atoms with van der Waals surface area (Å²) in [5, 5.41) is 3.98. The number of fused-ring (bicyclic) bond motifs is 12. The van der Waals surface area contributed by atoms with E-state index in [9.17, 15) is 0 Å². The number of para-hydroxylation sites is 2. The summed E-state index contributed by atoms with van der Waals surface area (Å²) in [5.41, 5.74) is 15.1. The topological polar surface area (TPSA) is 16.9 Å². The fourth-order valence-electron chi connectivity index (χ4n) is 9.64. The third-order valence-electron chi connectivity index (χ3n) is 12.1. The first-order valence-electron chi connectivity index (χ1n) is 18.5. The lowest BCUT2D eigenvalue weighted by atomic mass is 9.82. The average Bonchev–Trinajstić information content (AvgIpc) is 3.99. The van der Waals surface area contributed by atoms with E-state index in [1.54, 1.807) is 0 Å². The highest BCUT2D eigenvalue weighted by molar-refractivity contribution is 7.23. The Morgan fingerprint density at radius 3 is 2.32 bits per heavy atom. The fraction of sp³-hybridized carbons (Fsp3) is 0.102. The third kappa shape index (κ3) is 3.94. The fourth-order valence-corrected chi connectivity index (χ4v) is 10.8. The van der Waals surface area contributed by atoms with Gasteiger partial charge in [0, 0.05) is 49.3 Å². The number of hydrogen-bond acceptors (Lipinski definition) is 3. The molecule has 0 bridgehead atoms. The van der Waals surface area contributed by atoms with Gasteiger partial charge >= 0.3 is 0 Å². The molecule has 4 heteroatoms. The second-order valence-electron chi connectivity index (χ2n) is 15.2. The van der Waals surface area contributed by atoms with Gasteiger partial charge in [0.1, 0.15) is 11.9 Å². The van der Waals surface area contributed by atoms with Gasteiger partial charge in [0.05, 0.1) is 26.9 Å². The zero-order valence-corrected chi connectivity index (χ0v) is 30.2. The number of rotatable bonds is 4. The first-order valence-corrected chi connectivity index (χ1v) is 19.3. The quantitative estimate of drug-likeness (QED) is 0.182. The highest BCUT2D eigenvalue weighted by atomic mass is 32.1. The molecule has 3 nitrogen and oxygen atoms in total. The van der Waals surface area contributed by atoms with E-state index < -0.39 is 0 Å². The SMILES string of the molecule is CC1(C)c2ccccc2-c2ccc(N(c3ccc(-c4cc5c(s4)c4cccc6c7ccccc7n5c64)cc3)c3cccc4c3C3C=CC=CC3O4)cc21. The molecule has 53 heavy (non-hydrogen) atoms. The van der Waals surface area contributed by atoms with Gasteiger partial charge in [-0.15, -0.1) is 11.3 Å². The predicted octanol–water partition coefficient (Wildman–Crippen LogP) is 13.3. The van der Waals surface area contributed by atoms with E-state index in [1.165, 1.54) is 75.7 Å². The Morgan fingerprint density at radius 1 is 0.642 bits per heavy atom. The summed E-state index contributed by atoms with van der Waals surface area (Å²) in [6.07, 6.45) is 8.74. The first-order chi connectivity index (χ1) is 26.0. The van der Waals surface area contributed by atoms with E-state index in [1.807, 2.05) is 11.3 Å². The Bertz CT molecular complexity index is 3030. The molecule has 0 N–H and O–H groups in total. The summed E-state index contributed by atoms with van der Waals surface area (Å²) in [4.78, 5) is 3.73. The molecule has 252 valence electrons. The molecule has 1 aliphatic heterocycles. The number of thiophene rings is 1. The molecular formula is C49H34N2OS. The number of anilines is 3. The lowest BCUT2D eigenvalue weighted by molar-refractivity contribution is 0.269. The van der Waals surface area contributed by atoms with Gasteiger partial charge in [-0.25, -0.2) is 0 Å². The second-order valence-corrected chi connectivity index (χ2v) is 16.3. The monoisotopic (exact) mass is 698 g/mol. The minimum atomic E-state index is -0.101. The number of allylic oxidation sites excluding steroid dienone is 2. The van der Waals surface area contributed by atoms with E-state index in [2.05, 4.69) is 181 Å². The van der Waals surface area contributed by atoms with Crippen LogP contribution in [0.15, 0.2) is 158 Å². The number of ether oxygens (including phenoxy) is 1. The van der Waals surface area contributed by atoms with E-state index in [0.717, 1.165) is 22.8 Å². The Kier molecular flexibility index (Phi) is 5.84. The van der Waals surface area contributed by atoms with E-state index in [4.69, 9.17) is 4.74 Å². The van der Waals surface area contributed by atoms with Crippen molar-refractivity contribution in [3.63, 3.8) is 0 Å². The van der Waals surface area contributed by atoms with Crippen molar-refractivity contribution in [2.75, 3.05) is 4.90 Å². The zero-order valence-electron chi connectivity index (χ0n) is 29.4. The van der Waals surface area contributed by atoms with Crippen LogP contribution in [0.5, 0.6) is 5.75 Å². The minimum absolute atomic E-state index is 0.0124. The van der Waals surface area contributed by atoms with Gasteiger partial charge in [0.2, 0.25) is 0 Å². The summed E-state index contributed by atoms with van der Waals surface area (Å²) in [5.74, 6) is 1.12. The van der Waals surface area contributed by atoms with Crippen LogP contribution in [0, 0.1) is 0 Å². The Morgan fingerprint density at radius 2 is 1.40 bits per heavy atom. The standard InChI is InChI=1S/C49H34N2OS/c1-49(2)38-16-6-3-11-32(38)33-26-25-31(27-39(33)49)50(41-18-10-20-44-46(41)36-13-5-8-19-43(36)52-44)30-23-21-29(22-24-30)45-28-42-48(53-45)37-15-9-14-35-34-12-4-7-17-40(34)51(42)47(35)37/h3-28,36,43H,1-2H3. The van der Waals surface area contributed by atoms with E-state index >= 15 is 0 Å². The molecule has 9 aromatic rings. The molecule has 2 atom stereocenters. The molecule has 0 saturated heterocycles. The molecule has 4 heterocycles. The Hall–Kier alpha value is -6.10. The molecular weight excluding hydrogens is 665 g/mol. The van der Waals surface area contributed by atoms with Crippen LogP contribution < -0.4 is 9.64 Å². The van der Waals surface area contributed by atoms with Crippen molar-refractivity contribution >= 4 is 65.8 Å². The van der Waals surface area contributed by atoms with Crippen molar-refractivity contribution in [2.24, 2.45) is 0 Å². The molecule has 3 aliphatic rings. The van der Waals surface area contributed by atoms with E-state index in [0.29, 0.717) is 0 Å². The minimum Gasteiger partial charge on any atom is -0.485 e. The van der Waals surface area contributed by atoms with Crippen LogP contribution in [-0.4, -0.2) is 10.5 Å². The van der Waals surface area contributed by atoms with Crippen LogP contribution in [0.4, 0.5) is 17.1 Å². The summed E-state index contributed by atoms with van der Waals surface area (Å²) in [6, 6.07) is 49.6. The molecule has 2 aliphatic carbocycles. The second kappa shape index (κ2) is 10.5. The smallest absolute Gasteiger partial charge is 0.128 e. The van der Waals surface area contributed by atoms with Gasteiger partial charge in [-0.05, 0) is 82.4 Å². The van der Waals surface area contributed by atoms with Crippen LogP contribution >= 0.6 is 11.3 Å². The van der Waals surface area contributed by atoms with Gasteiger partial charge in [0.15, 0.2) is 0 Å². The number of benzene rings is 6. The molecule has 0 radical (unpaired) electrons. The van der Waals surface area contributed by atoms with Gasteiger partial charge in [-0.1, -0.05) is 117 Å². The predicted molar refractivity (Wildman–Crippen MR) is 222 cm³/mol. The van der Waals surface area contributed by atoms with Crippen LogP contribution in [-0.2, 0) is 5.41 Å². The maximum atomic E-state index is 6.53. The van der Waals surface area contributed by atoms with Gasteiger partial charge < -0.3 is 14.0 Å². The number of hydrogen-bond donors (Lipinski definition) is 0. The maximum absolute atomic E-state index is 6.53. The van der Waals surface area contributed by atoms with Crippen molar-refractivity contribution in [3.8, 4) is 27.3 Å². The molecule has 0 amide bonds. The Balaban J connectivity index is 1.02. The molecule has 3 aromatic heterocycles. The molecule has 0 fully saturated rings. The highest BCUT2D eigenvalue weighted by Crippen LogP contribution is 2.53. The first kappa shape index (κ1) is 29.5. The molecule has 0 spiro atoms. The van der Waals surface area contributed by atoms with Crippen LogP contribution in [0.3, 0.4) is 0 Å². The normalized spacial score (nSPS) is 17.8. The van der Waals surface area contributed by atoms with Gasteiger partial charge in [-0.3, -0.25) is 0 Å². The van der Waals surface area contributed by atoms with Crippen LogP contribution in [0.2, 0.25) is 0 Å². The molecule has 6 aromatic carbocycles. The van der Waals surface area contributed by atoms with Crippen LogP contribution in [0.1, 0.15) is 36.5 Å². The van der Waals surface area contributed by atoms with Crippen molar-refractivity contribution in [1.82, 2.24) is 4.40 Å². The van der Waals surface area contributed by atoms with Crippen molar-refractivity contribution in [3.05, 3.63) is 174 Å². The molecule has 2 unspecified atom stereocenters. The molecule has 0 saturated carbocycles. The maximum Gasteiger partial charge on any atom is 0.128 e. The summed E-state index contributed by atoms with van der Waals surface area (Å²) < 4.78 is 10.4. The van der Waals surface area contributed by atoms with Gasteiger partial charge in [-0.2, -0.15) is 0 Å². The van der Waals surface area contributed by atoms with Crippen molar-refractivity contribution in [1.29, 1.82) is 0 Å². The van der Waals surface area contributed by atoms with Crippen molar-refractivity contribution in [2.45, 2.75) is 31.3 Å².